The molecule has 0 bridgehead atoms. The summed E-state index contributed by atoms with van der Waals surface area (Å²) in [6.07, 6.45) is 0. The monoisotopic (exact) mass is 171 g/mol. The van der Waals surface area contributed by atoms with Gasteiger partial charge in [-0.2, -0.15) is 0 Å². The van der Waals surface area contributed by atoms with E-state index in [1.165, 1.54) is 0 Å². The Balaban J connectivity index is -0.0000000450. The van der Waals surface area contributed by atoms with E-state index in [1.54, 1.807) is 6.92 Å². The van der Waals surface area contributed by atoms with Crippen molar-refractivity contribution in [1.82, 2.24) is 0 Å². The van der Waals surface area contributed by atoms with Crippen LogP contribution in [0.15, 0.2) is 5.57 Å². The van der Waals surface area contributed by atoms with E-state index in [4.69, 9.17) is 6.58 Å². The van der Waals surface area contributed by atoms with Crippen molar-refractivity contribution in [1.29, 1.82) is 0 Å². The first-order valence-electron chi connectivity index (χ1n) is 1.14. The van der Waals surface area contributed by atoms with Gasteiger partial charge in [0.05, 0.1) is 0 Å². The summed E-state index contributed by atoms with van der Waals surface area (Å²) in [7, 11) is 0. The Kier molecular flexibility index (Phi) is 24.4. The molecule has 0 unspecified atom stereocenters. The van der Waals surface area contributed by atoms with Crippen LogP contribution in [0, 0.1) is 20.9 Å². The summed E-state index contributed by atoms with van der Waals surface area (Å²) < 4.78 is 0. The summed E-state index contributed by atoms with van der Waals surface area (Å²) in [5, 5.41) is 0. The molecule has 0 aromatic rings. The molecule has 0 aliphatic carbocycles. The van der Waals surface area contributed by atoms with Crippen molar-refractivity contribution in [3.8, 4) is 0 Å². The molecule has 0 aromatic heterocycles. The maximum atomic E-state index is 4.92. The molecule has 0 heterocycles. The van der Waals surface area contributed by atoms with Crippen LogP contribution in [0.25, 0.3) is 0 Å². The molecular weight excluding hydrogens is 161 g/mol. The zero-order valence-electron chi connectivity index (χ0n) is 4.14. The predicted molar refractivity (Wildman–Crippen MR) is 25.3 cm³/mol. The summed E-state index contributed by atoms with van der Waals surface area (Å²) in [4.78, 5) is 0. The SMILES string of the molecule is [CH-]=C([CH2-])C.[CH3-].[Ru+3]. The van der Waals surface area contributed by atoms with Crippen molar-refractivity contribution < 1.29 is 19.5 Å². The predicted octanol–water partition coefficient (Wildman–Crippen LogP) is 1.65. The minimum atomic E-state index is 0. The molecule has 0 fully saturated rings. The molecule has 6 heavy (non-hydrogen) atoms. The van der Waals surface area contributed by atoms with Gasteiger partial charge in [0.2, 0.25) is 0 Å². The molecule has 0 saturated heterocycles. The summed E-state index contributed by atoms with van der Waals surface area (Å²) in [6.45, 7) is 10.0. The van der Waals surface area contributed by atoms with Crippen LogP contribution < -0.4 is 0 Å². The van der Waals surface area contributed by atoms with Gasteiger partial charge in [-0.15, -0.1) is 6.92 Å². The first-order valence-corrected chi connectivity index (χ1v) is 1.14. The Morgan fingerprint density at radius 3 is 1.67 bits per heavy atom. The van der Waals surface area contributed by atoms with E-state index in [2.05, 4.69) is 6.92 Å². The smallest absolute Gasteiger partial charge is 0.546 e. The molecule has 1 heteroatoms. The molecule has 0 aliphatic rings. The third kappa shape index (κ3) is 813. The van der Waals surface area contributed by atoms with E-state index < -0.39 is 0 Å². The quantitative estimate of drug-likeness (QED) is 0.383. The number of hydrogen-bond donors (Lipinski definition) is 0. The van der Waals surface area contributed by atoms with E-state index in [0.29, 0.717) is 5.57 Å². The fraction of sp³-hybridized carbons (Fsp3) is 0.200. The molecule has 0 aliphatic heterocycles. The Labute approximate surface area is 53.4 Å². The first kappa shape index (κ1) is 16.3. The molecular formula is C5H9Ru. The van der Waals surface area contributed by atoms with Gasteiger partial charge in [-0.05, 0) is 0 Å². The van der Waals surface area contributed by atoms with E-state index in [1.807, 2.05) is 0 Å². The molecule has 0 spiro atoms. The molecule has 0 atom stereocenters. The van der Waals surface area contributed by atoms with Crippen molar-refractivity contribution in [3.05, 3.63) is 26.5 Å². The maximum Gasteiger partial charge on any atom is 3.00 e. The van der Waals surface area contributed by atoms with Gasteiger partial charge in [-0.1, -0.05) is 0 Å². The first-order chi connectivity index (χ1) is 1.73. The van der Waals surface area contributed by atoms with E-state index in [-0.39, 0.29) is 26.9 Å². The van der Waals surface area contributed by atoms with Crippen LogP contribution in [-0.4, -0.2) is 0 Å². The molecule has 1 radical (unpaired) electrons. The van der Waals surface area contributed by atoms with Gasteiger partial charge in [0.25, 0.3) is 0 Å². The number of rotatable bonds is 0. The second-order valence-electron chi connectivity index (χ2n) is 0.846. The Morgan fingerprint density at radius 2 is 1.67 bits per heavy atom. The number of allylic oxidation sites excluding steroid dienone is 1. The standard InChI is InChI=1S/C4H6.CH3.Ru/c1-4(2)3;;/h1H,2H2,3H3;1H3;/q-2;-1;+3. The minimum absolute atomic E-state index is 0. The number of hydrogen-bond acceptors (Lipinski definition) is 0. The zero-order chi connectivity index (χ0) is 3.58. The van der Waals surface area contributed by atoms with Crippen LogP contribution in [0.3, 0.4) is 0 Å². The van der Waals surface area contributed by atoms with Crippen molar-refractivity contribution in [2.45, 2.75) is 6.92 Å². The largest absolute Gasteiger partial charge is 3.00 e. The van der Waals surface area contributed by atoms with Gasteiger partial charge in [0.1, 0.15) is 0 Å². The Hall–Kier alpha value is 0.233. The molecule has 0 saturated carbocycles. The molecule has 0 N–H and O–H groups in total. The molecule has 0 nitrogen and oxygen atoms in total. The van der Waals surface area contributed by atoms with Crippen molar-refractivity contribution in [3.63, 3.8) is 0 Å². The van der Waals surface area contributed by atoms with Gasteiger partial charge >= 0.3 is 19.5 Å². The van der Waals surface area contributed by atoms with Gasteiger partial charge in [0, 0.05) is 0 Å². The second kappa shape index (κ2) is 8.97. The maximum absolute atomic E-state index is 4.92. The van der Waals surface area contributed by atoms with Gasteiger partial charge in [-0.3, -0.25) is 0 Å². The summed E-state index contributed by atoms with van der Waals surface area (Å²) in [5.41, 5.74) is 0.667. The minimum Gasteiger partial charge on any atom is -0.546 e. The topological polar surface area (TPSA) is 0 Å². The average Bonchev–Trinajstić information content (AvgIpc) is 0.811. The van der Waals surface area contributed by atoms with Crippen molar-refractivity contribution >= 4 is 0 Å². The summed E-state index contributed by atoms with van der Waals surface area (Å²) in [5.74, 6) is 0. The fourth-order valence-corrected chi connectivity index (χ4v) is 0. The third-order valence-electron chi connectivity index (χ3n) is 0. The average molecular weight is 170 g/mol. The summed E-state index contributed by atoms with van der Waals surface area (Å²) in [6, 6.07) is 0. The summed E-state index contributed by atoms with van der Waals surface area (Å²) >= 11 is 0. The molecule has 0 aromatic carbocycles. The van der Waals surface area contributed by atoms with Crippen LogP contribution in [0.5, 0.6) is 0 Å². The van der Waals surface area contributed by atoms with Crippen LogP contribution in [0.4, 0.5) is 0 Å². The molecule has 37 valence electrons. The molecule has 0 amide bonds. The van der Waals surface area contributed by atoms with Crippen LogP contribution in [-0.2, 0) is 19.5 Å². The van der Waals surface area contributed by atoms with Crippen molar-refractivity contribution in [2.75, 3.05) is 0 Å². The zero-order valence-corrected chi connectivity index (χ0v) is 5.88. The van der Waals surface area contributed by atoms with E-state index >= 15 is 0 Å². The van der Waals surface area contributed by atoms with Crippen LogP contribution in [0.1, 0.15) is 6.92 Å². The fourth-order valence-electron chi connectivity index (χ4n) is 0. The van der Waals surface area contributed by atoms with Crippen molar-refractivity contribution in [2.24, 2.45) is 0 Å². The van der Waals surface area contributed by atoms with Crippen LogP contribution >= 0.6 is 0 Å². The third-order valence-corrected chi connectivity index (χ3v) is 0. The molecule has 0 rings (SSSR count). The second-order valence-corrected chi connectivity index (χ2v) is 0.846. The van der Waals surface area contributed by atoms with Gasteiger partial charge in [0.15, 0.2) is 0 Å². The van der Waals surface area contributed by atoms with E-state index in [0.717, 1.165) is 0 Å². The van der Waals surface area contributed by atoms with Gasteiger partial charge in [-0.25, -0.2) is 0 Å². The van der Waals surface area contributed by atoms with Crippen LogP contribution in [0.2, 0.25) is 0 Å². The van der Waals surface area contributed by atoms with Gasteiger partial charge < -0.3 is 26.5 Å². The normalized spacial score (nSPS) is 4.17. The Bertz CT molecular complexity index is 26.9. The Morgan fingerprint density at radius 1 is 1.67 bits per heavy atom. The van der Waals surface area contributed by atoms with E-state index in [9.17, 15) is 0 Å².